The minimum Gasteiger partial charge on any atom is -0.258 e. The van der Waals surface area contributed by atoms with Crippen molar-refractivity contribution in [3.63, 3.8) is 0 Å². The monoisotopic (exact) mass is 167 g/mol. The van der Waals surface area contributed by atoms with Gasteiger partial charge in [-0.15, -0.1) is 0 Å². The van der Waals surface area contributed by atoms with Crippen molar-refractivity contribution in [2.24, 2.45) is 5.92 Å². The Morgan fingerprint density at radius 1 is 1.50 bits per heavy atom. The average Bonchev–Trinajstić information content (AvgIpc) is 1.96. The van der Waals surface area contributed by atoms with E-state index in [9.17, 15) is 4.39 Å². The van der Waals surface area contributed by atoms with Crippen molar-refractivity contribution >= 4 is 0 Å². The smallest absolute Gasteiger partial charge is 0.144 e. The molecule has 0 N–H and O–H groups in total. The molecule has 1 nitrogen and oxygen atoms in total. The van der Waals surface area contributed by atoms with E-state index in [1.54, 1.807) is 6.92 Å². The Kier molecular flexibility index (Phi) is 2.79. The standard InChI is InChI=1S/C10H14FN/c1-7(2)4-9-5-8(3)10(11)6-12-9/h5-7H,4H2,1-3H3. The van der Waals surface area contributed by atoms with Crippen LogP contribution in [0.3, 0.4) is 0 Å². The zero-order valence-corrected chi connectivity index (χ0v) is 7.76. The second kappa shape index (κ2) is 3.65. The van der Waals surface area contributed by atoms with E-state index in [0.717, 1.165) is 12.1 Å². The summed E-state index contributed by atoms with van der Waals surface area (Å²) in [5.74, 6) is 0.352. The van der Waals surface area contributed by atoms with Crippen LogP contribution in [-0.4, -0.2) is 4.98 Å². The molecule has 1 rings (SSSR count). The summed E-state index contributed by atoms with van der Waals surface area (Å²) in [6.07, 6.45) is 2.22. The highest BCUT2D eigenvalue weighted by Crippen LogP contribution is 2.09. The van der Waals surface area contributed by atoms with Crippen molar-refractivity contribution < 1.29 is 4.39 Å². The van der Waals surface area contributed by atoms with Gasteiger partial charge in [0.25, 0.3) is 0 Å². The van der Waals surface area contributed by atoms with Crippen molar-refractivity contribution in [3.05, 3.63) is 29.3 Å². The summed E-state index contributed by atoms with van der Waals surface area (Å²) in [5.41, 5.74) is 1.66. The van der Waals surface area contributed by atoms with Gasteiger partial charge in [-0.1, -0.05) is 13.8 Å². The predicted octanol–water partition coefficient (Wildman–Crippen LogP) is 2.73. The second-order valence-electron chi connectivity index (χ2n) is 3.52. The molecule has 1 aromatic heterocycles. The molecule has 0 aliphatic heterocycles. The van der Waals surface area contributed by atoms with Gasteiger partial charge in [0, 0.05) is 5.69 Å². The lowest BCUT2D eigenvalue weighted by molar-refractivity contribution is 0.598. The molecular weight excluding hydrogens is 153 g/mol. The van der Waals surface area contributed by atoms with Gasteiger partial charge in [0.05, 0.1) is 6.20 Å². The third-order valence-electron chi connectivity index (χ3n) is 1.72. The molecule has 0 aliphatic carbocycles. The van der Waals surface area contributed by atoms with E-state index in [1.807, 2.05) is 6.07 Å². The largest absolute Gasteiger partial charge is 0.258 e. The van der Waals surface area contributed by atoms with E-state index in [1.165, 1.54) is 6.20 Å². The molecule has 0 aromatic carbocycles. The van der Waals surface area contributed by atoms with E-state index in [0.29, 0.717) is 11.5 Å². The number of hydrogen-bond acceptors (Lipinski definition) is 1. The molecule has 0 aliphatic rings. The van der Waals surface area contributed by atoms with Crippen molar-refractivity contribution in [3.8, 4) is 0 Å². The van der Waals surface area contributed by atoms with Gasteiger partial charge >= 0.3 is 0 Å². The highest BCUT2D eigenvalue weighted by Gasteiger charge is 2.02. The van der Waals surface area contributed by atoms with Crippen molar-refractivity contribution in [2.45, 2.75) is 27.2 Å². The molecule has 0 unspecified atom stereocenters. The number of nitrogens with zero attached hydrogens (tertiary/aromatic N) is 1. The van der Waals surface area contributed by atoms with Crippen LogP contribution in [0.5, 0.6) is 0 Å². The third-order valence-corrected chi connectivity index (χ3v) is 1.72. The summed E-state index contributed by atoms with van der Waals surface area (Å²) in [6.45, 7) is 6.02. The molecule has 0 radical (unpaired) electrons. The Hall–Kier alpha value is -0.920. The second-order valence-corrected chi connectivity index (χ2v) is 3.52. The van der Waals surface area contributed by atoms with E-state index < -0.39 is 0 Å². The van der Waals surface area contributed by atoms with E-state index >= 15 is 0 Å². The summed E-state index contributed by atoms with van der Waals surface area (Å²) < 4.78 is 12.8. The van der Waals surface area contributed by atoms with Gasteiger partial charge < -0.3 is 0 Å². The van der Waals surface area contributed by atoms with E-state index in [2.05, 4.69) is 18.8 Å². The fraction of sp³-hybridized carbons (Fsp3) is 0.500. The molecule has 0 bridgehead atoms. The number of aryl methyl sites for hydroxylation is 1. The molecule has 0 spiro atoms. The molecular formula is C10H14FN. The maximum atomic E-state index is 12.8. The van der Waals surface area contributed by atoms with Crippen molar-refractivity contribution in [2.75, 3.05) is 0 Å². The van der Waals surface area contributed by atoms with Crippen LogP contribution in [-0.2, 0) is 6.42 Å². The molecule has 0 saturated carbocycles. The van der Waals surface area contributed by atoms with Crippen LogP contribution in [0, 0.1) is 18.7 Å². The lowest BCUT2D eigenvalue weighted by Crippen LogP contribution is -1.98. The predicted molar refractivity (Wildman–Crippen MR) is 47.5 cm³/mol. The maximum Gasteiger partial charge on any atom is 0.144 e. The van der Waals surface area contributed by atoms with Gasteiger partial charge in [0.1, 0.15) is 5.82 Å². The van der Waals surface area contributed by atoms with Crippen molar-refractivity contribution in [1.82, 2.24) is 4.98 Å². The van der Waals surface area contributed by atoms with Gasteiger partial charge in [-0.25, -0.2) is 4.39 Å². The lowest BCUT2D eigenvalue weighted by Gasteiger charge is -2.04. The summed E-state index contributed by atoms with van der Waals surface area (Å²) in [6, 6.07) is 1.81. The first kappa shape index (κ1) is 9.17. The quantitative estimate of drug-likeness (QED) is 0.660. The van der Waals surface area contributed by atoms with Gasteiger partial charge in [-0.2, -0.15) is 0 Å². The minimum atomic E-state index is -0.220. The molecule has 0 fully saturated rings. The minimum absolute atomic E-state index is 0.220. The summed E-state index contributed by atoms with van der Waals surface area (Å²) in [7, 11) is 0. The molecule has 0 saturated heterocycles. The fourth-order valence-corrected chi connectivity index (χ4v) is 1.13. The highest BCUT2D eigenvalue weighted by atomic mass is 19.1. The van der Waals surface area contributed by atoms with Crippen LogP contribution in [0.4, 0.5) is 4.39 Å². The normalized spacial score (nSPS) is 10.8. The van der Waals surface area contributed by atoms with E-state index in [-0.39, 0.29) is 5.82 Å². The van der Waals surface area contributed by atoms with Crippen LogP contribution in [0.25, 0.3) is 0 Å². The molecule has 2 heteroatoms. The maximum absolute atomic E-state index is 12.8. The Morgan fingerprint density at radius 3 is 2.67 bits per heavy atom. The molecule has 0 atom stereocenters. The number of hydrogen-bond donors (Lipinski definition) is 0. The van der Waals surface area contributed by atoms with Gasteiger partial charge in [-0.05, 0) is 30.9 Å². The summed E-state index contributed by atoms with van der Waals surface area (Å²) >= 11 is 0. The summed E-state index contributed by atoms with van der Waals surface area (Å²) in [4.78, 5) is 4.00. The lowest BCUT2D eigenvalue weighted by atomic mass is 10.1. The fourth-order valence-electron chi connectivity index (χ4n) is 1.13. The first-order chi connectivity index (χ1) is 5.59. The number of aromatic nitrogens is 1. The van der Waals surface area contributed by atoms with Crippen LogP contribution < -0.4 is 0 Å². The van der Waals surface area contributed by atoms with Gasteiger partial charge in [0.15, 0.2) is 0 Å². The number of pyridine rings is 1. The first-order valence-corrected chi connectivity index (χ1v) is 4.20. The zero-order valence-electron chi connectivity index (χ0n) is 7.76. The van der Waals surface area contributed by atoms with Gasteiger partial charge in [-0.3, -0.25) is 4.98 Å². The molecule has 1 aromatic rings. The van der Waals surface area contributed by atoms with Crippen LogP contribution >= 0.6 is 0 Å². The number of rotatable bonds is 2. The SMILES string of the molecule is Cc1cc(CC(C)C)ncc1F. The average molecular weight is 167 g/mol. The molecule has 0 amide bonds. The van der Waals surface area contributed by atoms with Crippen LogP contribution in [0.1, 0.15) is 25.1 Å². The summed E-state index contributed by atoms with van der Waals surface area (Å²) in [5, 5.41) is 0. The van der Waals surface area contributed by atoms with Crippen LogP contribution in [0.15, 0.2) is 12.3 Å². The molecule has 66 valence electrons. The Bertz CT molecular complexity index is 269. The Morgan fingerprint density at radius 2 is 2.17 bits per heavy atom. The van der Waals surface area contributed by atoms with E-state index in [4.69, 9.17) is 0 Å². The molecule has 12 heavy (non-hydrogen) atoms. The number of halogens is 1. The highest BCUT2D eigenvalue weighted by molar-refractivity contribution is 5.16. The first-order valence-electron chi connectivity index (χ1n) is 4.20. The zero-order chi connectivity index (χ0) is 9.14. The van der Waals surface area contributed by atoms with Crippen LogP contribution in [0.2, 0.25) is 0 Å². The Labute approximate surface area is 72.6 Å². The van der Waals surface area contributed by atoms with Gasteiger partial charge in [0.2, 0.25) is 0 Å². The molecule has 1 heterocycles. The Balaban J connectivity index is 2.82. The van der Waals surface area contributed by atoms with Crippen molar-refractivity contribution in [1.29, 1.82) is 0 Å². The topological polar surface area (TPSA) is 12.9 Å². The third kappa shape index (κ3) is 2.29.